The molecule has 0 aromatic carbocycles. The summed E-state index contributed by atoms with van der Waals surface area (Å²) in [5, 5.41) is 11.2. The third kappa shape index (κ3) is 5.10. The molecular weight excluding hydrogens is 268 g/mol. The number of aromatic nitrogens is 1. The summed E-state index contributed by atoms with van der Waals surface area (Å²) in [5.74, 6) is 0. The first kappa shape index (κ1) is 15.8. The first-order valence-electron chi connectivity index (χ1n) is 6.06. The minimum absolute atomic E-state index is 0.109. The standard InChI is InChI=1S/C12H19ClN4O2/c1-4-16(12(15(2)3)9-17(18)19)8-10-5-6-11(13)14-7-10/h5-7,12H,4,8-9H2,1-3H3. The van der Waals surface area contributed by atoms with Crippen molar-refractivity contribution in [3.05, 3.63) is 39.2 Å². The summed E-state index contributed by atoms with van der Waals surface area (Å²) in [4.78, 5) is 18.4. The lowest BCUT2D eigenvalue weighted by Crippen LogP contribution is -2.48. The number of nitrogens with zero attached hydrogens (tertiary/aromatic N) is 4. The molecule has 6 nitrogen and oxygen atoms in total. The maximum absolute atomic E-state index is 10.8. The lowest BCUT2D eigenvalue weighted by atomic mass is 10.2. The number of hydrogen-bond donors (Lipinski definition) is 0. The summed E-state index contributed by atoms with van der Waals surface area (Å²) in [6.07, 6.45) is 1.46. The number of pyridine rings is 1. The van der Waals surface area contributed by atoms with Gasteiger partial charge in [0.1, 0.15) is 11.3 Å². The monoisotopic (exact) mass is 286 g/mol. The van der Waals surface area contributed by atoms with Gasteiger partial charge in [0.05, 0.1) is 0 Å². The fourth-order valence-electron chi connectivity index (χ4n) is 1.90. The molecule has 1 rings (SSSR count). The van der Waals surface area contributed by atoms with Gasteiger partial charge < -0.3 is 0 Å². The van der Waals surface area contributed by atoms with E-state index in [1.807, 2.05) is 36.9 Å². The summed E-state index contributed by atoms with van der Waals surface area (Å²) in [7, 11) is 3.69. The number of hydrogen-bond acceptors (Lipinski definition) is 5. The lowest BCUT2D eigenvalue weighted by Gasteiger charge is -2.32. The van der Waals surface area contributed by atoms with Crippen LogP contribution in [-0.2, 0) is 6.54 Å². The Labute approximate surface area is 118 Å². The third-order valence-corrected chi connectivity index (χ3v) is 3.13. The summed E-state index contributed by atoms with van der Waals surface area (Å²) in [6.45, 7) is 3.21. The van der Waals surface area contributed by atoms with Gasteiger partial charge in [0.25, 0.3) is 0 Å². The largest absolute Gasteiger partial charge is 0.289 e. The van der Waals surface area contributed by atoms with Gasteiger partial charge in [-0.1, -0.05) is 24.6 Å². The highest BCUT2D eigenvalue weighted by molar-refractivity contribution is 6.29. The first-order chi connectivity index (χ1) is 8.93. The van der Waals surface area contributed by atoms with Gasteiger partial charge in [-0.3, -0.25) is 19.9 Å². The SMILES string of the molecule is CCN(Cc1ccc(Cl)nc1)C(C[N+](=O)[O-])N(C)C. The molecule has 1 atom stereocenters. The van der Waals surface area contributed by atoms with Crippen molar-refractivity contribution >= 4 is 11.6 Å². The normalized spacial score (nSPS) is 12.9. The predicted octanol–water partition coefficient (Wildman–Crippen LogP) is 1.72. The molecule has 0 N–H and O–H groups in total. The van der Waals surface area contributed by atoms with E-state index in [4.69, 9.17) is 11.6 Å². The number of rotatable bonds is 7. The Balaban J connectivity index is 2.79. The van der Waals surface area contributed by atoms with Crippen LogP contribution in [-0.4, -0.2) is 53.1 Å². The van der Waals surface area contributed by atoms with Crippen LogP contribution < -0.4 is 0 Å². The quantitative estimate of drug-likeness (QED) is 0.330. The van der Waals surface area contributed by atoms with E-state index in [2.05, 4.69) is 4.98 Å². The smallest absolute Gasteiger partial charge is 0.232 e. The molecule has 0 aliphatic carbocycles. The van der Waals surface area contributed by atoms with Crippen LogP contribution >= 0.6 is 11.6 Å². The lowest BCUT2D eigenvalue weighted by molar-refractivity contribution is -0.491. The Hall–Kier alpha value is -1.24. The van der Waals surface area contributed by atoms with Gasteiger partial charge >= 0.3 is 0 Å². The molecule has 7 heteroatoms. The Kier molecular flexibility index (Phi) is 6.14. The van der Waals surface area contributed by atoms with E-state index in [0.717, 1.165) is 12.1 Å². The zero-order chi connectivity index (χ0) is 14.4. The second-order valence-electron chi connectivity index (χ2n) is 4.51. The van der Waals surface area contributed by atoms with Gasteiger partial charge in [0.15, 0.2) is 0 Å². The van der Waals surface area contributed by atoms with Gasteiger partial charge in [-0.2, -0.15) is 0 Å². The van der Waals surface area contributed by atoms with Crippen molar-refractivity contribution in [3.8, 4) is 0 Å². The van der Waals surface area contributed by atoms with Crippen LogP contribution in [0.4, 0.5) is 0 Å². The first-order valence-corrected chi connectivity index (χ1v) is 6.44. The Morgan fingerprint density at radius 1 is 1.47 bits per heavy atom. The van der Waals surface area contributed by atoms with E-state index in [-0.39, 0.29) is 17.6 Å². The highest BCUT2D eigenvalue weighted by Crippen LogP contribution is 2.11. The van der Waals surface area contributed by atoms with E-state index >= 15 is 0 Å². The van der Waals surface area contributed by atoms with Crippen LogP contribution in [0, 0.1) is 10.1 Å². The van der Waals surface area contributed by atoms with Crippen LogP contribution in [0.1, 0.15) is 12.5 Å². The summed E-state index contributed by atoms with van der Waals surface area (Å²) in [6, 6.07) is 3.61. The average molecular weight is 287 g/mol. The van der Waals surface area contributed by atoms with Gasteiger partial charge in [0, 0.05) is 17.7 Å². The van der Waals surface area contributed by atoms with Crippen LogP contribution in [0.5, 0.6) is 0 Å². The molecule has 1 aromatic rings. The topological polar surface area (TPSA) is 62.5 Å². The van der Waals surface area contributed by atoms with E-state index in [9.17, 15) is 10.1 Å². The Morgan fingerprint density at radius 3 is 2.58 bits per heavy atom. The fourth-order valence-corrected chi connectivity index (χ4v) is 2.01. The van der Waals surface area contributed by atoms with Gasteiger partial charge in [-0.25, -0.2) is 4.98 Å². The molecule has 0 fully saturated rings. The van der Waals surface area contributed by atoms with Crippen LogP contribution in [0.3, 0.4) is 0 Å². The van der Waals surface area contributed by atoms with Crippen LogP contribution in [0.2, 0.25) is 5.15 Å². The molecule has 0 spiro atoms. The molecule has 0 aliphatic heterocycles. The van der Waals surface area contributed by atoms with E-state index in [1.165, 1.54) is 0 Å². The number of halogens is 1. The summed E-state index contributed by atoms with van der Waals surface area (Å²) in [5.41, 5.74) is 0.987. The fraction of sp³-hybridized carbons (Fsp3) is 0.583. The highest BCUT2D eigenvalue weighted by atomic mass is 35.5. The second kappa shape index (κ2) is 7.37. The molecule has 106 valence electrons. The van der Waals surface area contributed by atoms with Gasteiger partial charge in [-0.05, 0) is 32.3 Å². The van der Waals surface area contributed by atoms with Crippen LogP contribution in [0.15, 0.2) is 18.3 Å². The minimum Gasteiger partial charge on any atom is -0.289 e. The van der Waals surface area contributed by atoms with Crippen molar-refractivity contribution in [1.82, 2.24) is 14.8 Å². The van der Waals surface area contributed by atoms with E-state index < -0.39 is 0 Å². The molecule has 19 heavy (non-hydrogen) atoms. The van der Waals surface area contributed by atoms with Crippen molar-refractivity contribution < 1.29 is 4.92 Å². The van der Waals surface area contributed by atoms with Crippen molar-refractivity contribution in [1.29, 1.82) is 0 Å². The molecule has 0 saturated heterocycles. The van der Waals surface area contributed by atoms with Gasteiger partial charge in [-0.15, -0.1) is 0 Å². The molecule has 1 unspecified atom stereocenters. The Bertz CT molecular complexity index is 411. The molecule has 0 saturated carbocycles. The molecule has 1 aromatic heterocycles. The molecular formula is C12H19ClN4O2. The number of likely N-dealkylation sites (N-methyl/N-ethyl adjacent to an activating group) is 2. The molecule has 0 radical (unpaired) electrons. The van der Waals surface area contributed by atoms with Crippen molar-refractivity contribution in [2.45, 2.75) is 19.6 Å². The summed E-state index contributed by atoms with van der Waals surface area (Å²) < 4.78 is 0. The minimum atomic E-state index is -0.284. The van der Waals surface area contributed by atoms with Crippen molar-refractivity contribution in [3.63, 3.8) is 0 Å². The molecule has 1 heterocycles. The van der Waals surface area contributed by atoms with Gasteiger partial charge in [0.2, 0.25) is 6.54 Å². The molecule has 0 bridgehead atoms. The molecule has 0 aliphatic rings. The summed E-state index contributed by atoms with van der Waals surface area (Å²) >= 11 is 5.74. The predicted molar refractivity (Wildman–Crippen MR) is 74.7 cm³/mol. The highest BCUT2D eigenvalue weighted by Gasteiger charge is 2.24. The number of nitro groups is 1. The van der Waals surface area contributed by atoms with Crippen molar-refractivity contribution in [2.24, 2.45) is 0 Å². The second-order valence-corrected chi connectivity index (χ2v) is 4.90. The molecule has 0 amide bonds. The zero-order valence-corrected chi connectivity index (χ0v) is 12.2. The maximum Gasteiger partial charge on any atom is 0.232 e. The van der Waals surface area contributed by atoms with Crippen molar-refractivity contribution in [2.75, 3.05) is 27.2 Å². The van der Waals surface area contributed by atoms with E-state index in [1.54, 1.807) is 12.3 Å². The maximum atomic E-state index is 10.8. The average Bonchev–Trinajstić information content (AvgIpc) is 2.35. The van der Waals surface area contributed by atoms with E-state index in [0.29, 0.717) is 11.7 Å². The third-order valence-electron chi connectivity index (χ3n) is 2.91. The Morgan fingerprint density at radius 2 is 2.16 bits per heavy atom. The zero-order valence-electron chi connectivity index (χ0n) is 11.4. The van der Waals surface area contributed by atoms with Crippen LogP contribution in [0.25, 0.3) is 0 Å².